The van der Waals surface area contributed by atoms with Crippen LogP contribution in [0, 0.1) is 0 Å². The van der Waals surface area contributed by atoms with E-state index in [2.05, 4.69) is 46.2 Å². The lowest BCUT2D eigenvalue weighted by molar-refractivity contribution is 0.102. The molecule has 0 aliphatic carbocycles. The quantitative estimate of drug-likeness (QED) is 0.667. The van der Waals surface area contributed by atoms with Crippen LogP contribution in [0.2, 0.25) is 5.02 Å². The Hall–Kier alpha value is -2.92. The van der Waals surface area contributed by atoms with Gasteiger partial charge in [0.1, 0.15) is 5.69 Å². The van der Waals surface area contributed by atoms with Gasteiger partial charge in [0.2, 0.25) is 5.95 Å². The predicted molar refractivity (Wildman–Crippen MR) is 109 cm³/mol. The molecule has 0 atom stereocenters. The van der Waals surface area contributed by atoms with Gasteiger partial charge in [-0.2, -0.15) is 0 Å². The van der Waals surface area contributed by atoms with E-state index in [1.807, 2.05) is 18.2 Å². The summed E-state index contributed by atoms with van der Waals surface area (Å²) in [6.45, 7) is 4.82. The maximum atomic E-state index is 12.5. The number of hydrogen-bond acceptors (Lipinski definition) is 4. The molecule has 6 heteroatoms. The Bertz CT molecular complexity index is 898. The monoisotopic (exact) mass is 380 g/mol. The molecule has 0 bridgehead atoms. The standard InChI is InChI=1S/C21H21ClN4O/c1-15(2)26(14-16-6-4-3-5-7-16)21-23-13-12-19(25-21)20(27)24-18-10-8-17(22)9-11-18/h3-13,15H,14H2,1-2H3,(H,24,27). The van der Waals surface area contributed by atoms with Crippen LogP contribution in [0.5, 0.6) is 0 Å². The van der Waals surface area contributed by atoms with E-state index in [1.165, 1.54) is 0 Å². The zero-order chi connectivity index (χ0) is 19.2. The van der Waals surface area contributed by atoms with Gasteiger partial charge in [-0.1, -0.05) is 41.9 Å². The van der Waals surface area contributed by atoms with Gasteiger partial charge < -0.3 is 10.2 Å². The third-order valence-corrected chi connectivity index (χ3v) is 4.31. The Morgan fingerprint density at radius 2 is 1.78 bits per heavy atom. The summed E-state index contributed by atoms with van der Waals surface area (Å²) in [5, 5.41) is 3.44. The molecule has 0 unspecified atom stereocenters. The van der Waals surface area contributed by atoms with Crippen LogP contribution < -0.4 is 10.2 Å². The van der Waals surface area contributed by atoms with Crippen LogP contribution in [0.15, 0.2) is 66.9 Å². The minimum absolute atomic E-state index is 0.180. The Labute approximate surface area is 164 Å². The summed E-state index contributed by atoms with van der Waals surface area (Å²) >= 11 is 5.88. The lowest BCUT2D eigenvalue weighted by atomic mass is 10.2. The summed E-state index contributed by atoms with van der Waals surface area (Å²) in [7, 11) is 0. The zero-order valence-corrected chi connectivity index (χ0v) is 16.0. The molecule has 3 aromatic rings. The molecule has 0 fully saturated rings. The Morgan fingerprint density at radius 1 is 1.07 bits per heavy atom. The number of aromatic nitrogens is 2. The normalized spacial score (nSPS) is 10.7. The molecule has 0 spiro atoms. The number of halogens is 1. The third kappa shape index (κ3) is 5.05. The van der Waals surface area contributed by atoms with Crippen LogP contribution in [0.3, 0.4) is 0 Å². The molecule has 0 saturated heterocycles. The molecule has 1 aromatic heterocycles. The lowest BCUT2D eigenvalue weighted by Gasteiger charge is -2.27. The zero-order valence-electron chi connectivity index (χ0n) is 15.3. The number of carbonyl (C=O) groups is 1. The highest BCUT2D eigenvalue weighted by Gasteiger charge is 2.17. The van der Waals surface area contributed by atoms with Crippen molar-refractivity contribution in [3.05, 3.63) is 83.1 Å². The maximum absolute atomic E-state index is 12.5. The Morgan fingerprint density at radius 3 is 2.44 bits per heavy atom. The third-order valence-electron chi connectivity index (χ3n) is 4.05. The highest BCUT2D eigenvalue weighted by molar-refractivity contribution is 6.30. The van der Waals surface area contributed by atoms with Gasteiger partial charge in [-0.25, -0.2) is 9.97 Å². The predicted octanol–water partition coefficient (Wildman–Crippen LogP) is 4.80. The first-order chi connectivity index (χ1) is 13.0. The summed E-state index contributed by atoms with van der Waals surface area (Å²) in [6.07, 6.45) is 1.61. The second-order valence-corrected chi connectivity index (χ2v) is 6.85. The summed E-state index contributed by atoms with van der Waals surface area (Å²) in [6, 6.07) is 18.9. The van der Waals surface area contributed by atoms with E-state index < -0.39 is 0 Å². The van der Waals surface area contributed by atoms with Gasteiger partial charge in [0, 0.05) is 29.5 Å². The van der Waals surface area contributed by atoms with E-state index in [0.717, 1.165) is 5.56 Å². The van der Waals surface area contributed by atoms with Crippen LogP contribution >= 0.6 is 11.6 Å². The van der Waals surface area contributed by atoms with Crippen LogP contribution in [-0.4, -0.2) is 21.9 Å². The molecule has 138 valence electrons. The van der Waals surface area contributed by atoms with Crippen molar-refractivity contribution in [1.82, 2.24) is 9.97 Å². The molecular formula is C21H21ClN4O. The number of benzene rings is 2. The first-order valence-corrected chi connectivity index (χ1v) is 9.11. The number of rotatable bonds is 6. The minimum atomic E-state index is -0.288. The number of carbonyl (C=O) groups excluding carboxylic acids is 1. The van der Waals surface area contributed by atoms with Gasteiger partial charge in [0.25, 0.3) is 5.91 Å². The molecular weight excluding hydrogens is 360 g/mol. The van der Waals surface area contributed by atoms with Crippen molar-refractivity contribution in [2.24, 2.45) is 0 Å². The van der Waals surface area contributed by atoms with Gasteiger partial charge in [0.15, 0.2) is 0 Å². The van der Waals surface area contributed by atoms with Crippen molar-refractivity contribution in [1.29, 1.82) is 0 Å². The lowest BCUT2D eigenvalue weighted by Crippen LogP contribution is -2.32. The van der Waals surface area contributed by atoms with Crippen LogP contribution in [-0.2, 0) is 6.54 Å². The fourth-order valence-corrected chi connectivity index (χ4v) is 2.73. The van der Waals surface area contributed by atoms with E-state index >= 15 is 0 Å². The summed E-state index contributed by atoms with van der Waals surface area (Å²) < 4.78 is 0. The fraction of sp³-hybridized carbons (Fsp3) is 0.190. The highest BCUT2D eigenvalue weighted by Crippen LogP contribution is 2.17. The maximum Gasteiger partial charge on any atom is 0.274 e. The smallest absolute Gasteiger partial charge is 0.274 e. The number of hydrogen-bond donors (Lipinski definition) is 1. The molecule has 1 N–H and O–H groups in total. The molecule has 5 nitrogen and oxygen atoms in total. The molecule has 0 aliphatic heterocycles. The van der Waals surface area contributed by atoms with Gasteiger partial charge in [-0.15, -0.1) is 0 Å². The highest BCUT2D eigenvalue weighted by atomic mass is 35.5. The van der Waals surface area contributed by atoms with Gasteiger partial charge in [-0.05, 0) is 49.7 Å². The van der Waals surface area contributed by atoms with Gasteiger partial charge in [-0.3, -0.25) is 4.79 Å². The average Bonchev–Trinajstić information content (AvgIpc) is 2.68. The average molecular weight is 381 g/mol. The fourth-order valence-electron chi connectivity index (χ4n) is 2.61. The molecule has 0 saturated carbocycles. The van der Waals surface area contributed by atoms with Gasteiger partial charge in [0.05, 0.1) is 0 Å². The van der Waals surface area contributed by atoms with E-state index in [0.29, 0.717) is 28.9 Å². The molecule has 1 amide bonds. The molecule has 0 radical (unpaired) electrons. The van der Waals surface area contributed by atoms with Crippen molar-refractivity contribution in [2.45, 2.75) is 26.4 Å². The Balaban J connectivity index is 1.80. The minimum Gasteiger partial charge on any atom is -0.334 e. The molecule has 27 heavy (non-hydrogen) atoms. The molecule has 0 aliphatic rings. The van der Waals surface area contributed by atoms with Crippen molar-refractivity contribution in [3.8, 4) is 0 Å². The van der Waals surface area contributed by atoms with E-state index in [9.17, 15) is 4.79 Å². The van der Waals surface area contributed by atoms with Crippen LogP contribution in [0.4, 0.5) is 11.6 Å². The molecule has 1 heterocycles. The topological polar surface area (TPSA) is 58.1 Å². The van der Waals surface area contributed by atoms with E-state index in [-0.39, 0.29) is 11.9 Å². The van der Waals surface area contributed by atoms with Crippen molar-refractivity contribution in [3.63, 3.8) is 0 Å². The SMILES string of the molecule is CC(C)N(Cc1ccccc1)c1nccc(C(=O)Nc2ccc(Cl)cc2)n1. The van der Waals surface area contributed by atoms with E-state index in [1.54, 1.807) is 36.5 Å². The van der Waals surface area contributed by atoms with Crippen LogP contribution in [0.1, 0.15) is 29.9 Å². The second-order valence-electron chi connectivity index (χ2n) is 6.41. The summed E-state index contributed by atoms with van der Waals surface area (Å²) in [4.78, 5) is 23.5. The van der Waals surface area contributed by atoms with Gasteiger partial charge >= 0.3 is 0 Å². The summed E-state index contributed by atoms with van der Waals surface area (Å²) in [5.74, 6) is 0.238. The Kier molecular flexibility index (Phi) is 6.04. The van der Waals surface area contributed by atoms with Crippen molar-refractivity contribution >= 4 is 29.1 Å². The number of nitrogens with zero attached hydrogens (tertiary/aromatic N) is 3. The largest absolute Gasteiger partial charge is 0.334 e. The number of anilines is 2. The van der Waals surface area contributed by atoms with Crippen molar-refractivity contribution < 1.29 is 4.79 Å². The van der Waals surface area contributed by atoms with Crippen LogP contribution in [0.25, 0.3) is 0 Å². The first-order valence-electron chi connectivity index (χ1n) is 8.73. The molecule has 3 rings (SSSR count). The van der Waals surface area contributed by atoms with E-state index in [4.69, 9.17) is 11.6 Å². The number of amides is 1. The molecule has 2 aromatic carbocycles. The number of nitrogens with one attached hydrogen (secondary N) is 1. The van der Waals surface area contributed by atoms with Crippen molar-refractivity contribution in [2.75, 3.05) is 10.2 Å². The first kappa shape index (κ1) is 18.9. The second kappa shape index (κ2) is 8.64. The summed E-state index contributed by atoms with van der Waals surface area (Å²) in [5.41, 5.74) is 2.13.